The predicted molar refractivity (Wildman–Crippen MR) is 58.1 cm³/mol. The number of phenols is 1. The highest BCUT2D eigenvalue weighted by atomic mass is 31.2. The first-order valence-corrected chi connectivity index (χ1v) is 6.16. The van der Waals surface area contributed by atoms with Crippen LogP contribution in [0.15, 0.2) is 24.3 Å². The number of phenolic OH excluding ortho intramolecular Hbond substituents is 1. The van der Waals surface area contributed by atoms with E-state index in [1.165, 1.54) is 19.1 Å². The molecule has 1 unspecified atom stereocenters. The Hall–Kier alpha value is -1.03. The molecule has 5 nitrogen and oxygen atoms in total. The van der Waals surface area contributed by atoms with Gasteiger partial charge < -0.3 is 20.2 Å². The smallest absolute Gasteiger partial charge is 0.330 e. The van der Waals surface area contributed by atoms with Gasteiger partial charge in [-0.15, -0.1) is 0 Å². The Labute approximate surface area is 87.9 Å². The zero-order chi connectivity index (χ0) is 11.5. The van der Waals surface area contributed by atoms with Gasteiger partial charge >= 0.3 is 7.60 Å². The van der Waals surface area contributed by atoms with E-state index in [9.17, 15) is 4.57 Å². The molecule has 4 N–H and O–H groups in total. The first-order valence-electron chi connectivity index (χ1n) is 4.47. The second-order valence-corrected chi connectivity index (χ2v) is 5.43. The molecule has 1 aromatic rings. The summed E-state index contributed by atoms with van der Waals surface area (Å²) in [5.41, 5.74) is -0.0144. The molecule has 0 amide bonds. The Morgan fingerprint density at radius 3 is 2.33 bits per heavy atom. The van der Waals surface area contributed by atoms with Crippen LogP contribution in [-0.2, 0) is 4.57 Å². The largest absolute Gasteiger partial charge is 0.508 e. The van der Waals surface area contributed by atoms with Crippen LogP contribution >= 0.6 is 7.60 Å². The lowest BCUT2D eigenvalue weighted by Gasteiger charge is -2.14. The standard InChI is InChI=1S/C9H14NO4P/c1-7(15(12,13)14)6-10-8-2-4-9(11)5-3-8/h2-5,7,10-11H,6H2,1H3,(H2,12,13,14). The van der Waals surface area contributed by atoms with E-state index in [2.05, 4.69) is 5.32 Å². The molecule has 0 spiro atoms. The molecular formula is C9H14NO4P. The molecule has 0 saturated heterocycles. The Kier molecular flexibility index (Phi) is 3.74. The molecule has 0 aromatic heterocycles. The third-order valence-corrected chi connectivity index (χ3v) is 3.37. The maximum absolute atomic E-state index is 10.8. The maximum atomic E-state index is 10.8. The fourth-order valence-electron chi connectivity index (χ4n) is 0.964. The van der Waals surface area contributed by atoms with Crippen molar-refractivity contribution in [2.75, 3.05) is 11.9 Å². The Balaban J connectivity index is 2.51. The molecule has 0 bridgehead atoms. The summed E-state index contributed by atoms with van der Waals surface area (Å²) in [7, 11) is -4.02. The van der Waals surface area contributed by atoms with Crippen LogP contribution in [0.1, 0.15) is 6.92 Å². The summed E-state index contributed by atoms with van der Waals surface area (Å²) in [4.78, 5) is 17.7. The first kappa shape index (κ1) is 12.0. The molecule has 1 atom stereocenters. The molecule has 6 heteroatoms. The summed E-state index contributed by atoms with van der Waals surface area (Å²) < 4.78 is 10.8. The second kappa shape index (κ2) is 4.66. The lowest BCUT2D eigenvalue weighted by Crippen LogP contribution is -2.16. The van der Waals surface area contributed by atoms with Gasteiger partial charge in [-0.3, -0.25) is 4.57 Å². The van der Waals surface area contributed by atoms with Gasteiger partial charge in [0.05, 0.1) is 5.66 Å². The van der Waals surface area contributed by atoms with Crippen LogP contribution in [0.5, 0.6) is 5.75 Å². The fourth-order valence-corrected chi connectivity index (χ4v) is 1.29. The Bertz CT molecular complexity index is 359. The normalized spacial score (nSPS) is 13.5. The van der Waals surface area contributed by atoms with Gasteiger partial charge in [-0.1, -0.05) is 0 Å². The van der Waals surface area contributed by atoms with Crippen molar-refractivity contribution in [3.05, 3.63) is 24.3 Å². The van der Waals surface area contributed by atoms with Gasteiger partial charge in [0, 0.05) is 12.2 Å². The van der Waals surface area contributed by atoms with Crippen molar-refractivity contribution in [3.63, 3.8) is 0 Å². The quantitative estimate of drug-likeness (QED) is 0.464. The molecule has 0 aliphatic rings. The highest BCUT2D eigenvalue weighted by Crippen LogP contribution is 2.40. The van der Waals surface area contributed by atoms with Crippen LogP contribution in [0.2, 0.25) is 0 Å². The Morgan fingerprint density at radius 2 is 1.87 bits per heavy atom. The molecule has 0 fully saturated rings. The summed E-state index contributed by atoms with van der Waals surface area (Å²) in [6, 6.07) is 6.29. The molecule has 84 valence electrons. The zero-order valence-corrected chi connectivity index (χ0v) is 9.19. The van der Waals surface area contributed by atoms with E-state index >= 15 is 0 Å². The summed E-state index contributed by atoms with van der Waals surface area (Å²) in [5.74, 6) is 0.156. The highest BCUT2D eigenvalue weighted by molar-refractivity contribution is 7.52. The van der Waals surface area contributed by atoms with Gasteiger partial charge in [0.2, 0.25) is 0 Å². The summed E-state index contributed by atoms with van der Waals surface area (Å²) in [5, 5.41) is 11.9. The van der Waals surface area contributed by atoms with Gasteiger partial charge in [0.25, 0.3) is 0 Å². The number of nitrogens with one attached hydrogen (secondary N) is 1. The zero-order valence-electron chi connectivity index (χ0n) is 8.29. The Morgan fingerprint density at radius 1 is 1.33 bits per heavy atom. The number of anilines is 1. The van der Waals surface area contributed by atoms with Gasteiger partial charge in [0.15, 0.2) is 0 Å². The summed E-state index contributed by atoms with van der Waals surface area (Å²) >= 11 is 0. The molecule has 0 saturated carbocycles. The van der Waals surface area contributed by atoms with E-state index in [4.69, 9.17) is 14.9 Å². The topological polar surface area (TPSA) is 89.8 Å². The average Bonchev–Trinajstić information content (AvgIpc) is 2.15. The van der Waals surface area contributed by atoms with Crippen molar-refractivity contribution in [1.82, 2.24) is 0 Å². The molecule has 1 aromatic carbocycles. The van der Waals surface area contributed by atoms with Crippen LogP contribution in [0.25, 0.3) is 0 Å². The highest BCUT2D eigenvalue weighted by Gasteiger charge is 2.23. The number of benzene rings is 1. The van der Waals surface area contributed by atoms with E-state index in [1.54, 1.807) is 12.1 Å². The fraction of sp³-hybridized carbons (Fsp3) is 0.333. The molecule has 0 radical (unpaired) electrons. The van der Waals surface area contributed by atoms with Crippen LogP contribution in [0.4, 0.5) is 5.69 Å². The minimum absolute atomic E-state index is 0.156. The predicted octanol–water partition coefficient (Wildman–Crippen LogP) is 1.37. The molecule has 1 rings (SSSR count). The summed E-state index contributed by atoms with van der Waals surface area (Å²) in [6.45, 7) is 1.67. The maximum Gasteiger partial charge on any atom is 0.330 e. The summed E-state index contributed by atoms with van der Waals surface area (Å²) in [6.07, 6.45) is 0. The van der Waals surface area contributed by atoms with E-state index in [-0.39, 0.29) is 12.3 Å². The molecule has 15 heavy (non-hydrogen) atoms. The average molecular weight is 231 g/mol. The number of hydrogen-bond acceptors (Lipinski definition) is 3. The van der Waals surface area contributed by atoms with Gasteiger partial charge in [-0.2, -0.15) is 0 Å². The van der Waals surface area contributed by atoms with Crippen molar-refractivity contribution in [1.29, 1.82) is 0 Å². The van der Waals surface area contributed by atoms with E-state index in [0.717, 1.165) is 0 Å². The van der Waals surface area contributed by atoms with Crippen LogP contribution in [-0.4, -0.2) is 27.1 Å². The number of aromatic hydroxyl groups is 1. The third-order valence-electron chi connectivity index (χ3n) is 2.04. The molecule has 0 heterocycles. The lowest BCUT2D eigenvalue weighted by molar-refractivity contribution is 0.362. The second-order valence-electron chi connectivity index (χ2n) is 3.37. The van der Waals surface area contributed by atoms with E-state index in [1.807, 2.05) is 0 Å². The van der Waals surface area contributed by atoms with Crippen molar-refractivity contribution in [3.8, 4) is 5.75 Å². The van der Waals surface area contributed by atoms with Crippen molar-refractivity contribution >= 4 is 13.3 Å². The van der Waals surface area contributed by atoms with Gasteiger partial charge in [-0.05, 0) is 31.2 Å². The molecular weight excluding hydrogens is 217 g/mol. The SMILES string of the molecule is CC(CNc1ccc(O)cc1)P(=O)(O)O. The number of hydrogen-bond donors (Lipinski definition) is 4. The van der Waals surface area contributed by atoms with Gasteiger partial charge in [0.1, 0.15) is 5.75 Å². The van der Waals surface area contributed by atoms with Crippen molar-refractivity contribution < 1.29 is 19.5 Å². The van der Waals surface area contributed by atoms with Crippen molar-refractivity contribution in [2.45, 2.75) is 12.6 Å². The minimum Gasteiger partial charge on any atom is -0.508 e. The van der Waals surface area contributed by atoms with Gasteiger partial charge in [-0.25, -0.2) is 0 Å². The first-order chi connectivity index (χ1) is 6.89. The van der Waals surface area contributed by atoms with E-state index < -0.39 is 13.3 Å². The van der Waals surface area contributed by atoms with Crippen LogP contribution < -0.4 is 5.32 Å². The van der Waals surface area contributed by atoms with Crippen LogP contribution in [0.3, 0.4) is 0 Å². The minimum atomic E-state index is -4.02. The monoisotopic (exact) mass is 231 g/mol. The lowest BCUT2D eigenvalue weighted by atomic mass is 10.3. The van der Waals surface area contributed by atoms with Crippen LogP contribution in [0, 0.1) is 0 Å². The van der Waals surface area contributed by atoms with E-state index in [0.29, 0.717) is 5.69 Å². The molecule has 0 aliphatic heterocycles. The van der Waals surface area contributed by atoms with Crippen molar-refractivity contribution in [2.24, 2.45) is 0 Å². The third kappa shape index (κ3) is 3.91. The molecule has 0 aliphatic carbocycles. The number of rotatable bonds is 4.